The van der Waals surface area contributed by atoms with Gasteiger partial charge in [-0.2, -0.15) is 0 Å². The second-order valence-electron chi connectivity index (χ2n) is 2.37. The lowest BCUT2D eigenvalue weighted by molar-refractivity contribution is 0.187. The van der Waals surface area contributed by atoms with Crippen molar-refractivity contribution in [2.75, 3.05) is 19.5 Å². The average Bonchev–Trinajstić information content (AvgIpc) is 2.29. The normalized spacial score (nSPS) is 10.4. The summed E-state index contributed by atoms with van der Waals surface area (Å²) in [6.07, 6.45) is 1.66. The first-order valence-corrected chi connectivity index (χ1v) is 3.52. The van der Waals surface area contributed by atoms with Crippen molar-refractivity contribution >= 4 is 5.82 Å². The van der Waals surface area contributed by atoms with E-state index in [0.29, 0.717) is 12.4 Å². The molecule has 0 spiro atoms. The number of aryl methyl sites for hydroxylation is 1. The van der Waals surface area contributed by atoms with Crippen molar-refractivity contribution in [2.24, 2.45) is 0 Å². The van der Waals surface area contributed by atoms with Gasteiger partial charge < -0.3 is 15.0 Å². The largest absolute Gasteiger partial charge is 0.384 e. The highest BCUT2D eigenvalue weighted by atomic mass is 16.5. The molecule has 0 saturated carbocycles. The molecule has 0 aliphatic rings. The molecule has 0 bridgehead atoms. The van der Waals surface area contributed by atoms with Crippen molar-refractivity contribution in [3.63, 3.8) is 0 Å². The van der Waals surface area contributed by atoms with E-state index in [4.69, 9.17) is 10.5 Å². The van der Waals surface area contributed by atoms with Gasteiger partial charge in [0.25, 0.3) is 0 Å². The summed E-state index contributed by atoms with van der Waals surface area (Å²) in [5.41, 5.74) is 5.63. The van der Waals surface area contributed by atoms with E-state index in [0.717, 1.165) is 12.4 Å². The second-order valence-corrected chi connectivity index (χ2v) is 2.37. The molecule has 0 amide bonds. The molecule has 0 fully saturated rings. The third-order valence-electron chi connectivity index (χ3n) is 1.60. The van der Waals surface area contributed by atoms with Gasteiger partial charge in [-0.1, -0.05) is 0 Å². The first kappa shape index (κ1) is 8.07. The topological polar surface area (TPSA) is 53.1 Å². The number of hydrogen-bond acceptors (Lipinski definition) is 3. The number of nitrogens with two attached hydrogens (primary N) is 1. The Bertz CT molecular complexity index is 212. The maximum Gasteiger partial charge on any atom is 0.123 e. The number of hydrogen-bond donors (Lipinski definition) is 1. The molecule has 0 radical (unpaired) electrons. The molecule has 0 saturated heterocycles. The van der Waals surface area contributed by atoms with Crippen LogP contribution in [0.3, 0.4) is 0 Å². The summed E-state index contributed by atoms with van der Waals surface area (Å²) in [6.45, 7) is 3.36. The van der Waals surface area contributed by atoms with Crippen LogP contribution >= 0.6 is 0 Å². The summed E-state index contributed by atoms with van der Waals surface area (Å²) in [6, 6.07) is 0. The van der Waals surface area contributed by atoms with E-state index in [1.807, 2.05) is 11.5 Å². The number of anilines is 1. The van der Waals surface area contributed by atoms with Gasteiger partial charge in [-0.05, 0) is 6.92 Å². The molecule has 0 aromatic carbocycles. The summed E-state index contributed by atoms with van der Waals surface area (Å²) in [5.74, 6) is 1.62. The van der Waals surface area contributed by atoms with Crippen molar-refractivity contribution in [2.45, 2.75) is 13.5 Å². The van der Waals surface area contributed by atoms with Crippen LogP contribution in [0.5, 0.6) is 0 Å². The Morgan fingerprint density at radius 3 is 2.91 bits per heavy atom. The smallest absolute Gasteiger partial charge is 0.123 e. The van der Waals surface area contributed by atoms with Gasteiger partial charge in [-0.3, -0.25) is 0 Å². The molecule has 1 heterocycles. The number of methoxy groups -OCH3 is 1. The molecule has 0 aliphatic heterocycles. The lowest BCUT2D eigenvalue weighted by Gasteiger charge is -2.05. The van der Waals surface area contributed by atoms with E-state index in [-0.39, 0.29) is 0 Å². The standard InChI is InChI=1S/C7H13N3O/c1-6-9-5-7(8)10(6)3-4-11-2/h5H,3-4,8H2,1-2H3. The lowest BCUT2D eigenvalue weighted by Crippen LogP contribution is -2.08. The van der Waals surface area contributed by atoms with Crippen LogP contribution in [0, 0.1) is 6.92 Å². The van der Waals surface area contributed by atoms with Crippen LogP contribution in [0.15, 0.2) is 6.20 Å². The minimum absolute atomic E-state index is 0.668. The van der Waals surface area contributed by atoms with Gasteiger partial charge in [0.05, 0.1) is 12.8 Å². The molecule has 1 aromatic heterocycles. The second kappa shape index (κ2) is 3.39. The fourth-order valence-corrected chi connectivity index (χ4v) is 0.959. The molecule has 11 heavy (non-hydrogen) atoms. The van der Waals surface area contributed by atoms with Crippen molar-refractivity contribution in [3.05, 3.63) is 12.0 Å². The van der Waals surface area contributed by atoms with Crippen molar-refractivity contribution < 1.29 is 4.74 Å². The monoisotopic (exact) mass is 155 g/mol. The van der Waals surface area contributed by atoms with E-state index < -0.39 is 0 Å². The van der Waals surface area contributed by atoms with Gasteiger partial charge in [0.1, 0.15) is 11.6 Å². The summed E-state index contributed by atoms with van der Waals surface area (Å²) in [4.78, 5) is 4.05. The molecule has 0 aliphatic carbocycles. The van der Waals surface area contributed by atoms with Gasteiger partial charge in [0, 0.05) is 13.7 Å². The van der Waals surface area contributed by atoms with Crippen molar-refractivity contribution in [1.29, 1.82) is 0 Å². The number of nitrogens with zero attached hydrogens (tertiary/aromatic N) is 2. The molecule has 4 nitrogen and oxygen atoms in total. The number of rotatable bonds is 3. The zero-order valence-electron chi connectivity index (χ0n) is 6.87. The highest BCUT2D eigenvalue weighted by Crippen LogP contribution is 2.04. The predicted molar refractivity (Wildman–Crippen MR) is 43.3 cm³/mol. The van der Waals surface area contributed by atoms with Crippen LogP contribution in [0.2, 0.25) is 0 Å². The number of ether oxygens (including phenoxy) is 1. The number of imidazole rings is 1. The summed E-state index contributed by atoms with van der Waals surface area (Å²) < 4.78 is 6.84. The van der Waals surface area contributed by atoms with Gasteiger partial charge in [0.2, 0.25) is 0 Å². The van der Waals surface area contributed by atoms with E-state index in [9.17, 15) is 0 Å². The fraction of sp³-hybridized carbons (Fsp3) is 0.571. The molecule has 2 N–H and O–H groups in total. The molecular weight excluding hydrogens is 142 g/mol. The van der Waals surface area contributed by atoms with Gasteiger partial charge in [-0.25, -0.2) is 4.98 Å². The van der Waals surface area contributed by atoms with Crippen LogP contribution in [0.25, 0.3) is 0 Å². The zero-order valence-corrected chi connectivity index (χ0v) is 6.87. The molecule has 0 atom stereocenters. The Hall–Kier alpha value is -1.03. The number of nitrogen functional groups attached to an aromatic ring is 1. The molecule has 4 heteroatoms. The minimum Gasteiger partial charge on any atom is -0.384 e. The predicted octanol–water partition coefficient (Wildman–Crippen LogP) is 0.420. The zero-order chi connectivity index (χ0) is 8.27. The Balaban J connectivity index is 2.67. The third-order valence-corrected chi connectivity index (χ3v) is 1.60. The van der Waals surface area contributed by atoms with E-state index in [1.165, 1.54) is 0 Å². The maximum atomic E-state index is 5.63. The van der Waals surface area contributed by atoms with Gasteiger partial charge >= 0.3 is 0 Å². The Kier molecular flexibility index (Phi) is 2.48. The van der Waals surface area contributed by atoms with Crippen LogP contribution in [-0.4, -0.2) is 23.3 Å². The highest BCUT2D eigenvalue weighted by Gasteiger charge is 2.00. The number of aromatic nitrogens is 2. The molecule has 1 aromatic rings. The van der Waals surface area contributed by atoms with Crippen LogP contribution in [0.4, 0.5) is 5.82 Å². The Labute approximate surface area is 66.0 Å². The van der Waals surface area contributed by atoms with Gasteiger partial charge in [0.15, 0.2) is 0 Å². The summed E-state index contributed by atoms with van der Waals surface area (Å²) >= 11 is 0. The van der Waals surface area contributed by atoms with Crippen LogP contribution in [-0.2, 0) is 11.3 Å². The van der Waals surface area contributed by atoms with Crippen LogP contribution in [0.1, 0.15) is 5.82 Å². The van der Waals surface area contributed by atoms with Crippen molar-refractivity contribution in [1.82, 2.24) is 9.55 Å². The molecule has 1 rings (SSSR count). The summed E-state index contributed by atoms with van der Waals surface area (Å²) in [7, 11) is 1.67. The van der Waals surface area contributed by atoms with E-state index in [1.54, 1.807) is 13.3 Å². The first-order valence-electron chi connectivity index (χ1n) is 3.52. The van der Waals surface area contributed by atoms with E-state index >= 15 is 0 Å². The molecule has 0 unspecified atom stereocenters. The molecular formula is C7H13N3O. The molecule has 62 valence electrons. The fourth-order valence-electron chi connectivity index (χ4n) is 0.959. The SMILES string of the molecule is COCCn1c(N)cnc1C. The highest BCUT2D eigenvalue weighted by molar-refractivity contribution is 5.27. The average molecular weight is 155 g/mol. The minimum atomic E-state index is 0.668. The van der Waals surface area contributed by atoms with E-state index in [2.05, 4.69) is 4.98 Å². The Morgan fingerprint density at radius 1 is 1.73 bits per heavy atom. The third kappa shape index (κ3) is 1.71. The first-order chi connectivity index (χ1) is 5.25. The lowest BCUT2D eigenvalue weighted by atomic mass is 10.6. The quantitative estimate of drug-likeness (QED) is 0.688. The Morgan fingerprint density at radius 2 is 2.45 bits per heavy atom. The van der Waals surface area contributed by atoms with Crippen LogP contribution < -0.4 is 5.73 Å². The summed E-state index contributed by atoms with van der Waals surface area (Å²) in [5, 5.41) is 0. The van der Waals surface area contributed by atoms with Crippen molar-refractivity contribution in [3.8, 4) is 0 Å². The maximum absolute atomic E-state index is 5.63. The van der Waals surface area contributed by atoms with Gasteiger partial charge in [-0.15, -0.1) is 0 Å².